The van der Waals surface area contributed by atoms with Crippen LogP contribution < -0.4 is 10.6 Å². The lowest BCUT2D eigenvalue weighted by Gasteiger charge is -2.27. The van der Waals surface area contributed by atoms with Gasteiger partial charge in [0.15, 0.2) is 0 Å². The first-order valence-electron chi connectivity index (χ1n) is 10.9. The maximum atomic E-state index is 13.1. The van der Waals surface area contributed by atoms with Gasteiger partial charge in [0.25, 0.3) is 0 Å². The summed E-state index contributed by atoms with van der Waals surface area (Å²) in [6.45, 7) is 0.526. The molecule has 182 valence electrons. The number of rotatable bonds is 5. The van der Waals surface area contributed by atoms with Crippen LogP contribution in [-0.4, -0.2) is 48.7 Å². The Kier molecular flexibility index (Phi) is 5.97. The first-order valence-corrected chi connectivity index (χ1v) is 11.3. The van der Waals surface area contributed by atoms with Crippen LogP contribution in [0.15, 0.2) is 53.6 Å². The number of hydrogen-bond donors (Lipinski definition) is 1. The number of aliphatic hydroxyl groups excluding tert-OH is 1. The van der Waals surface area contributed by atoms with Gasteiger partial charge in [0.1, 0.15) is 5.69 Å². The summed E-state index contributed by atoms with van der Waals surface area (Å²) in [6, 6.07) is 9.17. The summed E-state index contributed by atoms with van der Waals surface area (Å²) in [4.78, 5) is 18.6. The van der Waals surface area contributed by atoms with Crippen molar-refractivity contribution in [2.24, 2.45) is 0 Å². The number of fused-ring (bicyclic) bond motifs is 1. The Hall–Kier alpha value is -3.44. The number of benzene rings is 1. The fourth-order valence-electron chi connectivity index (χ4n) is 4.35. The molecule has 4 aromatic rings. The van der Waals surface area contributed by atoms with Crippen LogP contribution in [0.3, 0.4) is 0 Å². The highest BCUT2D eigenvalue weighted by Crippen LogP contribution is 2.37. The summed E-state index contributed by atoms with van der Waals surface area (Å²) in [5, 5.41) is 19.3. The zero-order valence-corrected chi connectivity index (χ0v) is 19.0. The molecule has 0 saturated carbocycles. The van der Waals surface area contributed by atoms with Crippen LogP contribution in [0, 0.1) is 0 Å². The van der Waals surface area contributed by atoms with Crippen LogP contribution >= 0.6 is 11.6 Å². The molecular weight excluding hydrogens is 485 g/mol. The van der Waals surface area contributed by atoms with Crippen molar-refractivity contribution in [3.8, 4) is 11.1 Å². The Labute approximate surface area is 202 Å². The zero-order chi connectivity index (χ0) is 24.7. The van der Waals surface area contributed by atoms with Crippen LogP contribution in [0.5, 0.6) is 0 Å². The average molecular weight is 505 g/mol. The van der Waals surface area contributed by atoms with E-state index < -0.39 is 17.6 Å². The predicted octanol–water partition coefficient (Wildman–Crippen LogP) is 3.63. The van der Waals surface area contributed by atoms with Crippen molar-refractivity contribution in [2.45, 2.75) is 31.6 Å². The fraction of sp³-hybridized carbons (Fsp3) is 0.304. The minimum absolute atomic E-state index is 0.0588. The molecule has 0 bridgehead atoms. The van der Waals surface area contributed by atoms with Crippen molar-refractivity contribution >= 4 is 22.9 Å². The summed E-state index contributed by atoms with van der Waals surface area (Å²) in [6.07, 6.45) is -0.246. The summed E-state index contributed by atoms with van der Waals surface area (Å²) in [5.74, 6) is 0. The molecule has 3 aromatic heterocycles. The molecule has 1 unspecified atom stereocenters. The number of anilines is 1. The lowest BCUT2D eigenvalue weighted by atomic mass is 10.1. The van der Waals surface area contributed by atoms with Gasteiger partial charge in [0.05, 0.1) is 31.1 Å². The van der Waals surface area contributed by atoms with Gasteiger partial charge >= 0.3 is 11.9 Å². The number of aromatic nitrogens is 5. The second-order valence-electron chi connectivity index (χ2n) is 8.31. The number of alkyl halides is 3. The Morgan fingerprint density at radius 2 is 1.89 bits per heavy atom. The van der Waals surface area contributed by atoms with E-state index >= 15 is 0 Å². The summed E-state index contributed by atoms with van der Waals surface area (Å²) < 4.78 is 40.8. The molecule has 12 heteroatoms. The van der Waals surface area contributed by atoms with Crippen LogP contribution in [0.1, 0.15) is 24.1 Å². The first kappa shape index (κ1) is 23.3. The van der Waals surface area contributed by atoms with E-state index in [2.05, 4.69) is 15.2 Å². The van der Waals surface area contributed by atoms with Crippen LogP contribution in [0.4, 0.5) is 18.9 Å². The van der Waals surface area contributed by atoms with Crippen LogP contribution in [0.2, 0.25) is 5.02 Å². The minimum atomic E-state index is -4.55. The number of hydrogen-bond acceptors (Lipinski definition) is 6. The molecule has 0 radical (unpaired) electrons. The summed E-state index contributed by atoms with van der Waals surface area (Å²) in [5.41, 5.74) is 1.33. The molecule has 1 fully saturated rings. The summed E-state index contributed by atoms with van der Waals surface area (Å²) >= 11 is 6.05. The number of nitrogens with zero attached hydrogens (tertiary/aromatic N) is 6. The van der Waals surface area contributed by atoms with E-state index in [9.17, 15) is 23.1 Å². The molecule has 5 rings (SSSR count). The Morgan fingerprint density at radius 3 is 2.54 bits per heavy atom. The van der Waals surface area contributed by atoms with E-state index in [4.69, 9.17) is 11.6 Å². The molecule has 8 nitrogen and oxygen atoms in total. The van der Waals surface area contributed by atoms with Gasteiger partial charge in [-0.2, -0.15) is 22.8 Å². The van der Waals surface area contributed by atoms with Crippen molar-refractivity contribution in [1.82, 2.24) is 24.4 Å². The number of pyridine rings is 1. The van der Waals surface area contributed by atoms with Gasteiger partial charge < -0.3 is 10.0 Å². The second-order valence-corrected chi connectivity index (χ2v) is 8.75. The van der Waals surface area contributed by atoms with E-state index in [1.54, 1.807) is 18.3 Å². The Morgan fingerprint density at radius 1 is 1.11 bits per heavy atom. The molecule has 1 N–H and O–H groups in total. The fourth-order valence-corrected chi connectivity index (χ4v) is 4.48. The quantitative estimate of drug-likeness (QED) is 0.446. The molecule has 0 spiro atoms. The third kappa shape index (κ3) is 4.37. The maximum Gasteiger partial charge on any atom is 0.433 e. The first-order chi connectivity index (χ1) is 16.8. The van der Waals surface area contributed by atoms with Gasteiger partial charge in [-0.05, 0) is 42.2 Å². The topological polar surface area (TPSA) is 88.5 Å². The van der Waals surface area contributed by atoms with Crippen LogP contribution in [0.25, 0.3) is 16.8 Å². The highest BCUT2D eigenvalue weighted by Gasteiger charge is 2.32. The van der Waals surface area contributed by atoms with E-state index in [1.807, 2.05) is 17.0 Å². The number of halogens is 4. The Bertz CT molecular complexity index is 1420. The lowest BCUT2D eigenvalue weighted by molar-refractivity contribution is -0.141. The highest BCUT2D eigenvalue weighted by atomic mass is 35.5. The Balaban J connectivity index is 1.62. The number of aliphatic hydroxyl groups is 1. The smallest absolute Gasteiger partial charge is 0.394 e. The van der Waals surface area contributed by atoms with Gasteiger partial charge in [0, 0.05) is 23.3 Å². The van der Waals surface area contributed by atoms with Gasteiger partial charge in [-0.3, -0.25) is 4.98 Å². The molecule has 1 aliphatic heterocycles. The van der Waals surface area contributed by atoms with Gasteiger partial charge in [-0.1, -0.05) is 29.8 Å². The van der Waals surface area contributed by atoms with E-state index in [0.717, 1.165) is 40.9 Å². The molecule has 1 atom stereocenters. The monoisotopic (exact) mass is 504 g/mol. The van der Waals surface area contributed by atoms with Gasteiger partial charge in [-0.25, -0.2) is 9.48 Å². The van der Waals surface area contributed by atoms with E-state index in [1.165, 1.54) is 10.6 Å². The average Bonchev–Trinajstić information content (AvgIpc) is 3.43. The van der Waals surface area contributed by atoms with Crippen molar-refractivity contribution in [1.29, 1.82) is 0 Å². The van der Waals surface area contributed by atoms with Gasteiger partial charge in [-0.15, -0.1) is 5.10 Å². The van der Waals surface area contributed by atoms with Crippen molar-refractivity contribution in [2.75, 3.05) is 18.1 Å². The standard InChI is InChI=1S/C23H20ClF3N6O2/c24-16-6-4-15(5-7-16)18-11-29-33-21(20(18)31-9-1-2-17(31)13-34)30-32(22(33)35)12-14-3-8-19(28-10-14)23(25,26)27/h3-8,10-11,17,34H,1-2,9,12-13H2. The zero-order valence-electron chi connectivity index (χ0n) is 18.3. The summed E-state index contributed by atoms with van der Waals surface area (Å²) in [7, 11) is 0. The molecular formula is C23H20ClF3N6O2. The van der Waals surface area contributed by atoms with Gasteiger partial charge in [0.2, 0.25) is 5.65 Å². The molecule has 1 aromatic carbocycles. The van der Waals surface area contributed by atoms with Crippen molar-refractivity contribution in [3.05, 3.63) is 75.6 Å². The second kappa shape index (κ2) is 8.97. The molecule has 1 aliphatic rings. The molecule has 1 saturated heterocycles. The highest BCUT2D eigenvalue weighted by molar-refractivity contribution is 6.30. The third-order valence-electron chi connectivity index (χ3n) is 6.07. The molecule has 4 heterocycles. The predicted molar refractivity (Wildman–Crippen MR) is 123 cm³/mol. The molecule has 0 aliphatic carbocycles. The molecule has 0 amide bonds. The van der Waals surface area contributed by atoms with E-state index in [-0.39, 0.29) is 19.2 Å². The largest absolute Gasteiger partial charge is 0.433 e. The van der Waals surface area contributed by atoms with Crippen LogP contribution in [-0.2, 0) is 12.7 Å². The van der Waals surface area contributed by atoms with E-state index in [0.29, 0.717) is 28.5 Å². The third-order valence-corrected chi connectivity index (χ3v) is 6.32. The van der Waals surface area contributed by atoms with Crippen molar-refractivity contribution < 1.29 is 18.3 Å². The van der Waals surface area contributed by atoms with Crippen molar-refractivity contribution in [3.63, 3.8) is 0 Å². The normalized spacial score (nSPS) is 16.4. The minimum Gasteiger partial charge on any atom is -0.394 e. The SMILES string of the molecule is O=c1n(Cc2ccc(C(F)(F)F)nc2)nc2c(N3CCCC3CO)c(-c3ccc(Cl)cc3)cnn12. The maximum absolute atomic E-state index is 13.1. The lowest BCUT2D eigenvalue weighted by Crippen LogP contribution is -2.33. The molecule has 35 heavy (non-hydrogen) atoms.